The monoisotopic (exact) mass is 387 g/mol. The summed E-state index contributed by atoms with van der Waals surface area (Å²) in [6.45, 7) is 2.37. The van der Waals surface area contributed by atoms with E-state index in [0.29, 0.717) is 22.9 Å². The van der Waals surface area contributed by atoms with E-state index in [4.69, 9.17) is 16.6 Å². The van der Waals surface area contributed by atoms with Crippen molar-refractivity contribution in [2.24, 2.45) is 7.05 Å². The van der Waals surface area contributed by atoms with Crippen molar-refractivity contribution in [1.29, 1.82) is 0 Å². The van der Waals surface area contributed by atoms with Crippen molar-refractivity contribution >= 4 is 28.8 Å². The minimum absolute atomic E-state index is 0.493. The minimum atomic E-state index is -0.635. The number of anilines is 1. The number of benzene rings is 1. The molecule has 1 saturated heterocycles. The maximum absolute atomic E-state index is 12.1. The third-order valence-electron chi connectivity index (χ3n) is 5.12. The lowest BCUT2D eigenvalue weighted by molar-refractivity contribution is 0.713. The van der Waals surface area contributed by atoms with Gasteiger partial charge in [0.1, 0.15) is 0 Å². The second-order valence-electron chi connectivity index (χ2n) is 7.02. The highest BCUT2D eigenvalue weighted by Crippen LogP contribution is 2.24. The van der Waals surface area contributed by atoms with Crippen LogP contribution in [0.5, 0.6) is 0 Å². The van der Waals surface area contributed by atoms with Crippen molar-refractivity contribution in [3.63, 3.8) is 0 Å². The molecule has 0 aliphatic carbocycles. The van der Waals surface area contributed by atoms with Gasteiger partial charge in [-0.25, -0.2) is 0 Å². The molecule has 0 radical (unpaired) electrons. The summed E-state index contributed by atoms with van der Waals surface area (Å²) in [5.41, 5.74) is 0.874. The van der Waals surface area contributed by atoms with E-state index >= 15 is 0 Å². The van der Waals surface area contributed by atoms with Crippen molar-refractivity contribution in [3.8, 4) is 0 Å². The van der Waals surface area contributed by atoms with Crippen LogP contribution in [0, 0.1) is 0 Å². The molecule has 0 spiro atoms. The number of halogens is 1. The van der Waals surface area contributed by atoms with Crippen molar-refractivity contribution in [3.05, 3.63) is 55.6 Å². The first kappa shape index (κ1) is 17.9. The fraction of sp³-hybridized carbons (Fsp3) is 0.421. The van der Waals surface area contributed by atoms with E-state index in [-0.39, 0.29) is 0 Å². The van der Waals surface area contributed by atoms with Gasteiger partial charge in [0.2, 0.25) is 5.95 Å². The lowest BCUT2D eigenvalue weighted by Gasteiger charge is -2.22. The predicted molar refractivity (Wildman–Crippen MR) is 107 cm³/mol. The Morgan fingerprint density at radius 2 is 1.74 bits per heavy atom. The Morgan fingerprint density at radius 1 is 1.07 bits per heavy atom. The lowest BCUT2D eigenvalue weighted by Crippen LogP contribution is -2.35. The molecule has 7 nitrogen and oxygen atoms in total. The highest BCUT2D eigenvalue weighted by Gasteiger charge is 2.21. The molecule has 1 N–H and O–H groups in total. The molecule has 1 fully saturated rings. The molecule has 1 aromatic carbocycles. The van der Waals surface area contributed by atoms with Crippen LogP contribution in [-0.2, 0) is 13.6 Å². The van der Waals surface area contributed by atoms with Crippen LogP contribution in [0.2, 0.25) is 5.02 Å². The molecule has 142 valence electrons. The molecule has 0 saturated carbocycles. The Morgan fingerprint density at radius 3 is 2.41 bits per heavy atom. The molecule has 0 atom stereocenters. The first-order valence-electron chi connectivity index (χ1n) is 9.23. The second-order valence-corrected chi connectivity index (χ2v) is 7.45. The van der Waals surface area contributed by atoms with E-state index in [0.717, 1.165) is 37.4 Å². The van der Waals surface area contributed by atoms with Crippen LogP contribution in [0.15, 0.2) is 33.9 Å². The van der Waals surface area contributed by atoms with Crippen LogP contribution >= 0.6 is 11.6 Å². The molecular weight excluding hydrogens is 366 g/mol. The van der Waals surface area contributed by atoms with Gasteiger partial charge in [0.25, 0.3) is 0 Å². The molecule has 27 heavy (non-hydrogen) atoms. The van der Waals surface area contributed by atoms with Gasteiger partial charge in [-0.15, -0.1) is 0 Å². The summed E-state index contributed by atoms with van der Waals surface area (Å²) >= 11 is 6.01. The minimum Gasteiger partial charge on any atom is -0.342 e. The molecule has 3 heterocycles. The number of aromatic nitrogens is 4. The number of hydrogen-bond donors (Lipinski definition) is 1. The quantitative estimate of drug-likeness (QED) is 0.700. The van der Waals surface area contributed by atoms with Gasteiger partial charge < -0.3 is 9.88 Å². The maximum Gasteiger partial charge on any atom is 0.317 e. The summed E-state index contributed by atoms with van der Waals surface area (Å²) in [5.74, 6) is 0.790. The van der Waals surface area contributed by atoms with E-state index in [2.05, 4.69) is 9.88 Å². The van der Waals surface area contributed by atoms with Gasteiger partial charge >= 0.3 is 11.1 Å². The number of fused-ring (bicyclic) bond motifs is 1. The number of nitrogens with zero attached hydrogens (tertiary/aromatic N) is 4. The van der Waals surface area contributed by atoms with Gasteiger partial charge in [0.15, 0.2) is 11.3 Å². The number of imidazole rings is 1. The smallest absolute Gasteiger partial charge is 0.317 e. The van der Waals surface area contributed by atoms with E-state index in [1.54, 1.807) is 7.05 Å². The molecule has 1 aliphatic rings. The average molecular weight is 388 g/mol. The summed E-state index contributed by atoms with van der Waals surface area (Å²) in [4.78, 5) is 33.9. The zero-order chi connectivity index (χ0) is 19.0. The zero-order valence-electron chi connectivity index (χ0n) is 15.2. The van der Waals surface area contributed by atoms with Crippen LogP contribution < -0.4 is 16.0 Å². The van der Waals surface area contributed by atoms with Crippen molar-refractivity contribution in [2.45, 2.75) is 32.2 Å². The summed E-state index contributed by atoms with van der Waals surface area (Å²) < 4.78 is 3.32. The third kappa shape index (κ3) is 3.39. The Kier molecular flexibility index (Phi) is 4.78. The van der Waals surface area contributed by atoms with Crippen molar-refractivity contribution < 1.29 is 0 Å². The van der Waals surface area contributed by atoms with Gasteiger partial charge in [-0.1, -0.05) is 36.6 Å². The topological polar surface area (TPSA) is 75.9 Å². The molecule has 0 amide bonds. The van der Waals surface area contributed by atoms with Gasteiger partial charge in [-0.2, -0.15) is 4.98 Å². The van der Waals surface area contributed by atoms with Crippen LogP contribution in [0.4, 0.5) is 5.95 Å². The van der Waals surface area contributed by atoms with E-state index in [9.17, 15) is 9.59 Å². The number of rotatable bonds is 3. The molecule has 1 aliphatic heterocycles. The van der Waals surface area contributed by atoms with Gasteiger partial charge in [-0.05, 0) is 30.5 Å². The molecule has 4 rings (SSSR count). The third-order valence-corrected chi connectivity index (χ3v) is 5.37. The predicted octanol–water partition coefficient (Wildman–Crippen LogP) is 2.51. The number of H-pyrrole nitrogens is 1. The maximum atomic E-state index is 12.1. The number of aromatic amines is 1. The Labute approximate surface area is 161 Å². The summed E-state index contributed by atoms with van der Waals surface area (Å²) in [7, 11) is 1.59. The van der Waals surface area contributed by atoms with Crippen molar-refractivity contribution in [1.82, 2.24) is 19.1 Å². The standard InChI is InChI=1S/C19H22ClN5O2/c1-23-15-16(21-17(26)18(23)27)25(12-13-6-8-14(20)9-7-13)19(22-15)24-10-4-2-3-5-11-24/h6-9H,2-5,10-12H2,1H3,(H,21,26). The molecule has 0 bridgehead atoms. The van der Waals surface area contributed by atoms with Crippen LogP contribution in [-0.4, -0.2) is 32.2 Å². The van der Waals surface area contributed by atoms with E-state index in [1.165, 1.54) is 17.4 Å². The fourth-order valence-corrected chi connectivity index (χ4v) is 3.76. The van der Waals surface area contributed by atoms with Gasteiger partial charge in [0, 0.05) is 25.2 Å². The SMILES string of the molecule is Cn1c(=O)c(=O)[nH]c2c1nc(N1CCCCCC1)n2Cc1ccc(Cl)cc1. The first-order valence-corrected chi connectivity index (χ1v) is 9.61. The van der Waals surface area contributed by atoms with E-state index < -0.39 is 11.1 Å². The Bertz CT molecular complexity index is 1070. The second kappa shape index (κ2) is 7.23. The Hall–Kier alpha value is -2.54. The molecule has 3 aromatic rings. The fourth-order valence-electron chi connectivity index (χ4n) is 3.63. The lowest BCUT2D eigenvalue weighted by atomic mass is 10.2. The number of hydrogen-bond acceptors (Lipinski definition) is 4. The molecular formula is C19H22ClN5O2. The van der Waals surface area contributed by atoms with Crippen LogP contribution in [0.1, 0.15) is 31.2 Å². The summed E-state index contributed by atoms with van der Waals surface area (Å²) in [6, 6.07) is 7.61. The highest BCUT2D eigenvalue weighted by atomic mass is 35.5. The van der Waals surface area contributed by atoms with Gasteiger partial charge in [-0.3, -0.25) is 18.7 Å². The zero-order valence-corrected chi connectivity index (χ0v) is 16.0. The molecule has 0 unspecified atom stereocenters. The summed E-state index contributed by atoms with van der Waals surface area (Å²) in [5, 5.41) is 0.679. The molecule has 2 aromatic heterocycles. The Balaban J connectivity index is 1.89. The normalized spacial score (nSPS) is 15.3. The van der Waals surface area contributed by atoms with Crippen LogP contribution in [0.25, 0.3) is 11.3 Å². The first-order chi connectivity index (χ1) is 13.0. The van der Waals surface area contributed by atoms with Crippen molar-refractivity contribution in [2.75, 3.05) is 18.0 Å². The highest BCUT2D eigenvalue weighted by molar-refractivity contribution is 6.30. The average Bonchev–Trinajstić information content (AvgIpc) is 2.85. The van der Waals surface area contributed by atoms with Crippen LogP contribution in [0.3, 0.4) is 0 Å². The number of aryl methyl sites for hydroxylation is 1. The molecule has 8 heteroatoms. The van der Waals surface area contributed by atoms with E-state index in [1.807, 2.05) is 28.8 Å². The largest absolute Gasteiger partial charge is 0.342 e. The van der Waals surface area contributed by atoms with Gasteiger partial charge in [0.05, 0.1) is 6.54 Å². The summed E-state index contributed by atoms with van der Waals surface area (Å²) in [6.07, 6.45) is 4.64. The number of nitrogens with one attached hydrogen (secondary N) is 1.